The third-order valence-corrected chi connectivity index (χ3v) is 0.302. The van der Waals surface area contributed by atoms with Crippen molar-refractivity contribution in [3.8, 4) is 0 Å². The van der Waals surface area contributed by atoms with E-state index in [1.165, 1.54) is 27.7 Å². The van der Waals surface area contributed by atoms with Crippen molar-refractivity contribution in [1.29, 1.82) is 0 Å². The Labute approximate surface area is 78.9 Å². The quantitative estimate of drug-likeness (QED) is 0.682. The van der Waals surface area contributed by atoms with Gasteiger partial charge in [-0.3, -0.25) is 4.79 Å². The van der Waals surface area contributed by atoms with Crippen LogP contribution in [-0.2, 0) is 14.4 Å². The topological polar surface area (TPSA) is 71.4 Å². The largest absolute Gasteiger partial charge is 0.481 e. The first-order valence-corrected chi connectivity index (χ1v) is 3.90. The van der Waals surface area contributed by atoms with Crippen LogP contribution in [0.3, 0.4) is 0 Å². The van der Waals surface area contributed by atoms with Crippen molar-refractivity contribution >= 4 is 17.5 Å². The SMILES string of the molecule is CC(C)=O.CC(C)=O.CCC(=O)O. The maximum atomic E-state index is 9.44. The Morgan fingerprint density at radius 2 is 1.00 bits per heavy atom. The summed E-state index contributed by atoms with van der Waals surface area (Å²) in [5.41, 5.74) is 0. The first-order valence-electron chi connectivity index (χ1n) is 3.90. The Morgan fingerprint density at radius 1 is 0.923 bits per heavy atom. The molecule has 1 N–H and O–H groups in total. The third-order valence-electron chi connectivity index (χ3n) is 0.302. The molecule has 0 aromatic heterocycles. The molecule has 78 valence electrons. The summed E-state index contributed by atoms with van der Waals surface area (Å²) in [7, 11) is 0. The van der Waals surface area contributed by atoms with Crippen LogP contribution in [0.1, 0.15) is 41.0 Å². The lowest BCUT2D eigenvalue weighted by atomic mass is 10.5. The highest BCUT2D eigenvalue weighted by molar-refractivity contribution is 5.72. The lowest BCUT2D eigenvalue weighted by Crippen LogP contribution is -1.86. The van der Waals surface area contributed by atoms with E-state index in [2.05, 4.69) is 0 Å². The molecule has 0 radical (unpaired) electrons. The molecule has 0 unspecified atom stereocenters. The predicted molar refractivity (Wildman–Crippen MR) is 50.6 cm³/mol. The van der Waals surface area contributed by atoms with Crippen molar-refractivity contribution < 1.29 is 19.5 Å². The second-order valence-corrected chi connectivity index (χ2v) is 2.56. The Hall–Kier alpha value is -1.19. The van der Waals surface area contributed by atoms with Gasteiger partial charge in [0.1, 0.15) is 11.6 Å². The van der Waals surface area contributed by atoms with Crippen LogP contribution in [0.2, 0.25) is 0 Å². The monoisotopic (exact) mass is 190 g/mol. The molecular weight excluding hydrogens is 172 g/mol. The third kappa shape index (κ3) is 1280. The molecule has 13 heavy (non-hydrogen) atoms. The number of Topliss-reactive ketones (excluding diaryl/α,β-unsaturated/α-hetero) is 2. The lowest BCUT2D eigenvalue weighted by molar-refractivity contribution is -0.136. The van der Waals surface area contributed by atoms with Crippen LogP contribution in [-0.4, -0.2) is 22.6 Å². The summed E-state index contributed by atoms with van der Waals surface area (Å²) >= 11 is 0. The molecule has 0 saturated carbocycles. The van der Waals surface area contributed by atoms with Crippen LogP contribution in [0.25, 0.3) is 0 Å². The van der Waals surface area contributed by atoms with Gasteiger partial charge < -0.3 is 14.7 Å². The smallest absolute Gasteiger partial charge is 0.303 e. The number of ketones is 2. The summed E-state index contributed by atoms with van der Waals surface area (Å²) < 4.78 is 0. The zero-order valence-electron chi connectivity index (χ0n) is 8.88. The van der Waals surface area contributed by atoms with E-state index in [-0.39, 0.29) is 18.0 Å². The number of carboxylic acids is 1. The number of hydrogen-bond donors (Lipinski definition) is 1. The van der Waals surface area contributed by atoms with E-state index in [1.54, 1.807) is 6.92 Å². The molecule has 0 spiro atoms. The lowest BCUT2D eigenvalue weighted by Gasteiger charge is -1.71. The molecule has 0 amide bonds. The number of carbonyl (C=O) groups excluding carboxylic acids is 2. The molecule has 4 nitrogen and oxygen atoms in total. The number of carbonyl (C=O) groups is 3. The van der Waals surface area contributed by atoms with E-state index in [0.717, 1.165) is 0 Å². The number of aliphatic carboxylic acids is 1. The summed E-state index contributed by atoms with van der Waals surface area (Å²) in [6.45, 7) is 7.71. The highest BCUT2D eigenvalue weighted by Gasteiger charge is 1.80. The Kier molecular flexibility index (Phi) is 18.3. The molecule has 0 aromatic carbocycles. The van der Waals surface area contributed by atoms with E-state index >= 15 is 0 Å². The van der Waals surface area contributed by atoms with E-state index < -0.39 is 5.97 Å². The highest BCUT2D eigenvalue weighted by Crippen LogP contribution is 1.67. The van der Waals surface area contributed by atoms with E-state index in [0.29, 0.717) is 0 Å². The van der Waals surface area contributed by atoms with E-state index in [9.17, 15) is 14.4 Å². The van der Waals surface area contributed by atoms with Gasteiger partial charge in [0.15, 0.2) is 0 Å². The van der Waals surface area contributed by atoms with Crippen molar-refractivity contribution in [2.24, 2.45) is 0 Å². The molecule has 0 aliphatic heterocycles. The molecule has 0 fully saturated rings. The molecular formula is C9H18O4. The van der Waals surface area contributed by atoms with Crippen molar-refractivity contribution in [2.75, 3.05) is 0 Å². The minimum absolute atomic E-state index is 0.167. The normalized spacial score (nSPS) is 6.85. The fourth-order valence-electron chi connectivity index (χ4n) is 0. The predicted octanol–water partition coefficient (Wildman–Crippen LogP) is 1.67. The first-order chi connectivity index (χ1) is 5.73. The highest BCUT2D eigenvalue weighted by atomic mass is 16.4. The fourth-order valence-corrected chi connectivity index (χ4v) is 0. The number of carboxylic acid groups (broad SMARTS) is 1. The van der Waals surface area contributed by atoms with Gasteiger partial charge >= 0.3 is 5.97 Å². The molecule has 0 aliphatic rings. The van der Waals surface area contributed by atoms with E-state index in [1.807, 2.05) is 0 Å². The maximum Gasteiger partial charge on any atom is 0.303 e. The van der Waals surface area contributed by atoms with Gasteiger partial charge in [0.05, 0.1) is 0 Å². The number of hydrogen-bond acceptors (Lipinski definition) is 3. The molecule has 0 saturated heterocycles. The van der Waals surface area contributed by atoms with Crippen LogP contribution in [0.5, 0.6) is 0 Å². The summed E-state index contributed by atoms with van der Waals surface area (Å²) in [6.07, 6.45) is 0.222. The molecule has 4 heteroatoms. The molecule has 0 rings (SSSR count). The fraction of sp³-hybridized carbons (Fsp3) is 0.667. The summed E-state index contributed by atoms with van der Waals surface area (Å²) in [5, 5.41) is 7.72. The van der Waals surface area contributed by atoms with E-state index in [4.69, 9.17) is 5.11 Å². The molecule has 0 bridgehead atoms. The second-order valence-electron chi connectivity index (χ2n) is 2.56. The Morgan fingerprint density at radius 3 is 1.00 bits per heavy atom. The zero-order valence-corrected chi connectivity index (χ0v) is 8.88. The van der Waals surface area contributed by atoms with Crippen LogP contribution in [0, 0.1) is 0 Å². The second kappa shape index (κ2) is 13.4. The molecule has 0 atom stereocenters. The number of rotatable bonds is 1. The Balaban J connectivity index is -0.000000117. The molecule has 0 aromatic rings. The minimum atomic E-state index is -0.745. The zero-order chi connectivity index (χ0) is 11.4. The van der Waals surface area contributed by atoms with Crippen molar-refractivity contribution in [3.05, 3.63) is 0 Å². The standard InChI is InChI=1S/C3H6O2.2C3H6O/c1-2-3(4)5;2*1-3(2)4/h2H2,1H3,(H,4,5);2*1-2H3. The van der Waals surface area contributed by atoms with Gasteiger partial charge in [-0.15, -0.1) is 0 Å². The van der Waals surface area contributed by atoms with Crippen LogP contribution < -0.4 is 0 Å². The van der Waals surface area contributed by atoms with Crippen LogP contribution >= 0.6 is 0 Å². The average molecular weight is 190 g/mol. The minimum Gasteiger partial charge on any atom is -0.481 e. The molecule has 0 heterocycles. The Bertz CT molecular complexity index is 141. The van der Waals surface area contributed by atoms with Gasteiger partial charge in [0, 0.05) is 6.42 Å². The van der Waals surface area contributed by atoms with Crippen LogP contribution in [0.15, 0.2) is 0 Å². The van der Waals surface area contributed by atoms with Crippen LogP contribution in [0.4, 0.5) is 0 Å². The first kappa shape index (κ1) is 17.8. The summed E-state index contributed by atoms with van der Waals surface area (Å²) in [4.78, 5) is 28.3. The van der Waals surface area contributed by atoms with Crippen molar-refractivity contribution in [1.82, 2.24) is 0 Å². The average Bonchev–Trinajstić information content (AvgIpc) is 1.84. The summed E-state index contributed by atoms with van der Waals surface area (Å²) in [5.74, 6) is -0.412. The van der Waals surface area contributed by atoms with Gasteiger partial charge in [-0.2, -0.15) is 0 Å². The van der Waals surface area contributed by atoms with Crippen molar-refractivity contribution in [3.63, 3.8) is 0 Å². The summed E-state index contributed by atoms with van der Waals surface area (Å²) in [6, 6.07) is 0. The van der Waals surface area contributed by atoms with Gasteiger partial charge in [0.2, 0.25) is 0 Å². The van der Waals surface area contributed by atoms with Gasteiger partial charge in [-0.1, -0.05) is 6.92 Å². The van der Waals surface area contributed by atoms with Gasteiger partial charge in [-0.25, -0.2) is 0 Å². The van der Waals surface area contributed by atoms with Crippen molar-refractivity contribution in [2.45, 2.75) is 41.0 Å². The molecule has 0 aliphatic carbocycles. The van der Waals surface area contributed by atoms with Gasteiger partial charge in [-0.05, 0) is 27.7 Å². The van der Waals surface area contributed by atoms with Gasteiger partial charge in [0.25, 0.3) is 0 Å². The maximum absolute atomic E-state index is 9.44.